The highest BCUT2D eigenvalue weighted by Crippen LogP contribution is 2.32. The van der Waals surface area contributed by atoms with Gasteiger partial charge in [-0.05, 0) is 124 Å². The molecule has 0 unspecified atom stereocenters. The van der Waals surface area contributed by atoms with E-state index in [1.54, 1.807) is 36.3 Å². The fraction of sp³-hybridized carbons (Fsp3) is 0.333. The molecule has 286 valence electrons. The Kier molecular flexibility index (Phi) is 17.0. The number of Topliss-reactive ketones (excluding diaryl/α,β-unsaturated/α-hetero) is 2. The second kappa shape index (κ2) is 21.1. The van der Waals surface area contributed by atoms with E-state index in [4.69, 9.17) is 39.5 Å². The first-order chi connectivity index (χ1) is 25.7. The van der Waals surface area contributed by atoms with Crippen LogP contribution < -0.4 is 0 Å². The minimum absolute atomic E-state index is 0.00155. The topological polar surface area (TPSA) is 74.6 Å². The van der Waals surface area contributed by atoms with Gasteiger partial charge in [0.2, 0.25) is 0 Å². The lowest BCUT2D eigenvalue weighted by molar-refractivity contribution is 0.0701. The zero-order valence-corrected chi connectivity index (χ0v) is 35.7. The van der Waals surface area contributed by atoms with Gasteiger partial charge in [0, 0.05) is 47.6 Å². The van der Waals surface area contributed by atoms with Crippen LogP contribution in [0.5, 0.6) is 0 Å². The molecule has 0 atom stereocenters. The summed E-state index contributed by atoms with van der Waals surface area (Å²) in [6.45, 7) is 16.2. The highest BCUT2D eigenvalue weighted by atomic mass is 35.5. The zero-order chi connectivity index (χ0) is 39.4. The number of hydrogen-bond acceptors (Lipinski definition) is 7. The number of morpholine rings is 1. The number of halogens is 3. The number of ether oxygens (including phenoxy) is 1. The molecule has 0 bridgehead atoms. The maximum atomic E-state index is 12.8. The standard InChI is InChI=1S/C23H28N2O2S.C19H19Cl3N2OS/c1-16-5-6-20(11-17(16)2)28-14-23(26)21-12-19(4)22(13-18(21)3)24-15-25-7-9-27-10-8-25;1-4-24(3)11-23-18-7-12(2)14(9-17(18)22)19(25)10-26-13-5-6-15(20)16(21)8-13/h5-6,11-13,15H,7-10,14H2,1-4H3;5-9,11H,4,10H2,1-3H3. The SMILES string of the molecule is CCN(C)C=Nc1cc(C)c(C(=O)CSc2ccc(Cl)c(Cl)c2)cc1Cl.Cc1ccc(SCC(=O)c2cc(C)c(N=CN3CCOCC3)cc2C)cc1C. The van der Waals surface area contributed by atoms with Crippen molar-refractivity contribution < 1.29 is 14.3 Å². The largest absolute Gasteiger partial charge is 0.378 e. The normalized spacial score (nSPS) is 13.0. The number of thioether (sulfide) groups is 2. The number of ketones is 2. The lowest BCUT2D eigenvalue weighted by Gasteiger charge is -2.24. The van der Waals surface area contributed by atoms with Gasteiger partial charge in [0.1, 0.15) is 0 Å². The monoisotopic (exact) mass is 824 g/mol. The predicted molar refractivity (Wildman–Crippen MR) is 232 cm³/mol. The fourth-order valence-corrected chi connectivity index (χ4v) is 7.48. The highest BCUT2D eigenvalue weighted by Gasteiger charge is 2.15. The molecule has 1 aliphatic rings. The molecule has 0 aliphatic carbocycles. The van der Waals surface area contributed by atoms with E-state index in [2.05, 4.69) is 46.9 Å². The molecule has 4 aromatic carbocycles. The van der Waals surface area contributed by atoms with E-state index < -0.39 is 0 Å². The first-order valence-corrected chi connectivity index (χ1v) is 20.7. The van der Waals surface area contributed by atoms with Gasteiger partial charge < -0.3 is 14.5 Å². The molecule has 0 aromatic heterocycles. The van der Waals surface area contributed by atoms with Gasteiger partial charge in [0.15, 0.2) is 11.6 Å². The van der Waals surface area contributed by atoms with Crippen LogP contribution in [-0.2, 0) is 4.74 Å². The van der Waals surface area contributed by atoms with Crippen LogP contribution >= 0.6 is 58.3 Å². The Morgan fingerprint density at radius 3 is 1.91 bits per heavy atom. The minimum atomic E-state index is 0.00155. The number of aliphatic imine (C=N–C) groups is 2. The molecule has 4 aromatic rings. The third kappa shape index (κ3) is 12.9. The summed E-state index contributed by atoms with van der Waals surface area (Å²) < 4.78 is 5.36. The van der Waals surface area contributed by atoms with Crippen LogP contribution in [0.25, 0.3) is 0 Å². The third-order valence-corrected chi connectivity index (χ3v) is 11.9. The quantitative estimate of drug-likeness (QED) is 0.0575. The highest BCUT2D eigenvalue weighted by molar-refractivity contribution is 8.00. The summed E-state index contributed by atoms with van der Waals surface area (Å²) >= 11 is 21.2. The van der Waals surface area contributed by atoms with Gasteiger partial charge in [0.05, 0.1) is 63.8 Å². The summed E-state index contributed by atoms with van der Waals surface area (Å²) in [7, 11) is 1.93. The summed E-state index contributed by atoms with van der Waals surface area (Å²) in [6, 6.07) is 19.2. The average molecular weight is 826 g/mol. The van der Waals surface area contributed by atoms with Crippen molar-refractivity contribution in [2.45, 2.75) is 51.3 Å². The Labute approximate surface area is 343 Å². The van der Waals surface area contributed by atoms with Crippen molar-refractivity contribution >= 4 is 93.9 Å². The van der Waals surface area contributed by atoms with E-state index in [1.807, 2.05) is 70.2 Å². The summed E-state index contributed by atoms with van der Waals surface area (Å²) in [4.78, 5) is 40.5. The molecule has 1 aliphatic heterocycles. The molecule has 1 heterocycles. The number of benzene rings is 4. The van der Waals surface area contributed by atoms with Crippen LogP contribution in [0.3, 0.4) is 0 Å². The van der Waals surface area contributed by atoms with Crippen molar-refractivity contribution in [1.82, 2.24) is 9.80 Å². The maximum Gasteiger partial charge on any atom is 0.173 e. The molecule has 12 heteroatoms. The van der Waals surface area contributed by atoms with Gasteiger partial charge in [-0.1, -0.05) is 40.9 Å². The van der Waals surface area contributed by atoms with Gasteiger partial charge in [-0.15, -0.1) is 23.5 Å². The Morgan fingerprint density at radius 2 is 1.30 bits per heavy atom. The van der Waals surface area contributed by atoms with E-state index in [0.29, 0.717) is 32.1 Å². The first kappa shape index (κ1) is 43.4. The summed E-state index contributed by atoms with van der Waals surface area (Å²) in [5.74, 6) is 0.893. The first-order valence-electron chi connectivity index (χ1n) is 17.6. The number of aryl methyl sites for hydroxylation is 5. The summed E-state index contributed by atoms with van der Waals surface area (Å²) in [5.41, 5.74) is 8.34. The molecule has 0 N–H and O–H groups in total. The van der Waals surface area contributed by atoms with Crippen molar-refractivity contribution in [1.29, 1.82) is 0 Å². The molecule has 0 radical (unpaired) electrons. The van der Waals surface area contributed by atoms with Crippen LogP contribution in [0.15, 0.2) is 80.4 Å². The second-order valence-electron chi connectivity index (χ2n) is 13.0. The van der Waals surface area contributed by atoms with E-state index in [-0.39, 0.29) is 17.3 Å². The molecule has 54 heavy (non-hydrogen) atoms. The van der Waals surface area contributed by atoms with E-state index >= 15 is 0 Å². The van der Waals surface area contributed by atoms with Crippen LogP contribution in [0, 0.1) is 34.6 Å². The molecule has 7 nitrogen and oxygen atoms in total. The Morgan fingerprint density at radius 1 is 0.704 bits per heavy atom. The Balaban J connectivity index is 0.000000241. The Hall–Kier alpha value is -3.31. The number of rotatable bonds is 13. The maximum absolute atomic E-state index is 12.8. The lowest BCUT2D eigenvalue weighted by Crippen LogP contribution is -2.35. The molecule has 0 saturated carbocycles. The fourth-order valence-electron chi connectivity index (χ4n) is 5.21. The number of hydrogen-bond donors (Lipinski definition) is 0. The van der Waals surface area contributed by atoms with Crippen LogP contribution in [0.4, 0.5) is 11.4 Å². The van der Waals surface area contributed by atoms with Crippen molar-refractivity contribution in [3.05, 3.63) is 115 Å². The molecular formula is C42H47Cl3N4O3S2. The zero-order valence-electron chi connectivity index (χ0n) is 31.8. The lowest BCUT2D eigenvalue weighted by atomic mass is 10.0. The van der Waals surface area contributed by atoms with Gasteiger partial charge in [-0.25, -0.2) is 9.98 Å². The van der Waals surface area contributed by atoms with E-state index in [0.717, 1.165) is 70.6 Å². The molecule has 1 saturated heterocycles. The predicted octanol–water partition coefficient (Wildman–Crippen LogP) is 11.4. The van der Waals surface area contributed by atoms with Gasteiger partial charge in [0.25, 0.3) is 0 Å². The third-order valence-electron chi connectivity index (χ3n) is 8.85. The summed E-state index contributed by atoms with van der Waals surface area (Å²) in [6.07, 6.45) is 3.61. The van der Waals surface area contributed by atoms with Crippen molar-refractivity contribution in [3.63, 3.8) is 0 Å². The van der Waals surface area contributed by atoms with Gasteiger partial charge >= 0.3 is 0 Å². The summed E-state index contributed by atoms with van der Waals surface area (Å²) in [5, 5.41) is 1.43. The number of carbonyl (C=O) groups excluding carboxylic acids is 2. The van der Waals surface area contributed by atoms with Crippen molar-refractivity contribution in [3.8, 4) is 0 Å². The van der Waals surface area contributed by atoms with E-state index in [1.165, 1.54) is 22.9 Å². The molecule has 0 spiro atoms. The van der Waals surface area contributed by atoms with Crippen LogP contribution in [0.2, 0.25) is 15.1 Å². The number of nitrogens with zero attached hydrogens (tertiary/aromatic N) is 4. The number of carbonyl (C=O) groups is 2. The van der Waals surface area contributed by atoms with Crippen molar-refractivity contribution in [2.24, 2.45) is 9.98 Å². The molecule has 1 fully saturated rings. The second-order valence-corrected chi connectivity index (χ2v) is 16.3. The smallest absolute Gasteiger partial charge is 0.173 e. The van der Waals surface area contributed by atoms with Crippen molar-refractivity contribution in [2.75, 3.05) is 51.4 Å². The molecular weight excluding hydrogens is 779 g/mol. The average Bonchev–Trinajstić information content (AvgIpc) is 3.16. The van der Waals surface area contributed by atoms with Gasteiger partial charge in [-0.2, -0.15) is 0 Å². The van der Waals surface area contributed by atoms with Crippen LogP contribution in [0.1, 0.15) is 55.5 Å². The van der Waals surface area contributed by atoms with Gasteiger partial charge in [-0.3, -0.25) is 9.59 Å². The molecule has 0 amide bonds. The minimum Gasteiger partial charge on any atom is -0.378 e. The van der Waals surface area contributed by atoms with Crippen LogP contribution in [-0.4, -0.2) is 85.4 Å². The van der Waals surface area contributed by atoms with E-state index in [9.17, 15) is 9.59 Å². The molecule has 5 rings (SSSR count). The Bertz CT molecular complexity index is 2020.